The second kappa shape index (κ2) is 16.0. The van der Waals surface area contributed by atoms with Crippen LogP contribution in [0.3, 0.4) is 0 Å². The van der Waals surface area contributed by atoms with Crippen LogP contribution in [0, 0.1) is 16.7 Å². The van der Waals surface area contributed by atoms with Crippen LogP contribution in [0.5, 0.6) is 0 Å². The van der Waals surface area contributed by atoms with Gasteiger partial charge in [-0.1, -0.05) is 189 Å². The van der Waals surface area contributed by atoms with Crippen LogP contribution >= 0.6 is 0 Å². The van der Waals surface area contributed by atoms with Crippen LogP contribution in [0.15, 0.2) is 212 Å². The van der Waals surface area contributed by atoms with E-state index in [-0.39, 0.29) is 28.3 Å². The fraction of sp³-hybridized carbons (Fsp3) is 0.161. The summed E-state index contributed by atoms with van der Waals surface area (Å²) < 4.78 is 0. The zero-order valence-electron chi connectivity index (χ0n) is 34.2. The van der Waals surface area contributed by atoms with Crippen molar-refractivity contribution in [2.45, 2.75) is 43.2 Å². The lowest BCUT2D eigenvalue weighted by Crippen LogP contribution is -2.43. The molecule has 0 amide bonds. The van der Waals surface area contributed by atoms with E-state index >= 15 is 0 Å². The van der Waals surface area contributed by atoms with Crippen molar-refractivity contribution in [3.63, 3.8) is 0 Å². The number of nitrogens with zero attached hydrogens (tertiary/aromatic N) is 1. The van der Waals surface area contributed by atoms with Gasteiger partial charge in [-0.05, 0) is 82.1 Å². The molecule has 9 rings (SSSR count). The summed E-state index contributed by atoms with van der Waals surface area (Å²) in [5, 5.41) is 17.2. The van der Waals surface area contributed by atoms with Gasteiger partial charge in [-0.2, -0.15) is 5.26 Å². The predicted octanol–water partition coefficient (Wildman–Crippen LogP) is 12.2. The normalized spacial score (nSPS) is 21.6. The molecule has 4 nitrogen and oxygen atoms in total. The molecule has 0 saturated heterocycles. The molecule has 0 aromatic heterocycles. The third-order valence-electron chi connectivity index (χ3n) is 12.9. The maximum atomic E-state index is 9.47. The Morgan fingerprint density at radius 3 is 2.23 bits per heavy atom. The number of rotatable bonds is 11. The number of anilines is 1. The van der Waals surface area contributed by atoms with Gasteiger partial charge in [0.2, 0.25) is 0 Å². The van der Waals surface area contributed by atoms with Crippen LogP contribution in [0.2, 0.25) is 0 Å². The minimum absolute atomic E-state index is 0.198. The Kier molecular flexibility index (Phi) is 10.3. The summed E-state index contributed by atoms with van der Waals surface area (Å²) in [6.45, 7) is 5.35. The number of nitriles is 1. The first kappa shape index (κ1) is 38.6. The first-order valence-corrected chi connectivity index (χ1v) is 21.0. The Hall–Kier alpha value is -6.93. The minimum Gasteiger partial charge on any atom is -0.381 e. The van der Waals surface area contributed by atoms with Gasteiger partial charge in [-0.25, -0.2) is 0 Å². The summed E-state index contributed by atoms with van der Waals surface area (Å²) in [6.07, 6.45) is 19.1. The summed E-state index contributed by atoms with van der Waals surface area (Å²) in [6, 6.07) is 57.8. The van der Waals surface area contributed by atoms with Crippen LogP contribution in [0.4, 0.5) is 5.69 Å². The van der Waals surface area contributed by atoms with Gasteiger partial charge in [0.1, 0.15) is 0 Å². The van der Waals surface area contributed by atoms with Crippen molar-refractivity contribution in [1.29, 1.82) is 5.26 Å². The zero-order chi connectivity index (χ0) is 41.2. The number of para-hydroxylation sites is 1. The molecule has 294 valence electrons. The Labute approximate surface area is 354 Å². The van der Waals surface area contributed by atoms with Gasteiger partial charge in [0, 0.05) is 34.8 Å². The van der Waals surface area contributed by atoms with Crippen molar-refractivity contribution in [1.82, 2.24) is 5.32 Å². The van der Waals surface area contributed by atoms with Crippen molar-refractivity contribution < 1.29 is 0 Å². The number of nitrogens with two attached hydrogens (primary N) is 1. The maximum Gasteiger partial charge on any atom is 0.0991 e. The summed E-state index contributed by atoms with van der Waals surface area (Å²) in [5.41, 5.74) is 19.3. The van der Waals surface area contributed by atoms with Gasteiger partial charge in [0.15, 0.2) is 0 Å². The molecule has 0 bridgehead atoms. The number of hydrogen-bond acceptors (Lipinski definition) is 4. The average Bonchev–Trinajstić information content (AvgIpc) is 3.53. The minimum atomic E-state index is -0.382. The lowest BCUT2D eigenvalue weighted by Gasteiger charge is -2.47. The molecule has 0 aliphatic heterocycles. The number of nitrogens with one attached hydrogen (secondary N) is 2. The highest BCUT2D eigenvalue weighted by molar-refractivity contribution is 5.81. The van der Waals surface area contributed by atoms with Gasteiger partial charge >= 0.3 is 0 Å². The predicted molar refractivity (Wildman–Crippen MR) is 248 cm³/mol. The molecule has 0 heterocycles. The zero-order valence-corrected chi connectivity index (χ0v) is 34.2. The fourth-order valence-corrected chi connectivity index (χ4v) is 10.1. The molecule has 0 spiro atoms. The van der Waals surface area contributed by atoms with Gasteiger partial charge in [-0.3, -0.25) is 0 Å². The van der Waals surface area contributed by atoms with Crippen LogP contribution in [0.1, 0.15) is 71.2 Å². The average molecular weight is 779 g/mol. The Morgan fingerprint density at radius 1 is 0.800 bits per heavy atom. The molecule has 0 radical (unpaired) electrons. The molecule has 0 fully saturated rings. The summed E-state index contributed by atoms with van der Waals surface area (Å²) >= 11 is 0. The highest BCUT2D eigenvalue weighted by Gasteiger charge is 2.60. The topological polar surface area (TPSA) is 73.9 Å². The number of hydrogen-bond donors (Lipinski definition) is 3. The lowest BCUT2D eigenvalue weighted by atomic mass is 9.54. The highest BCUT2D eigenvalue weighted by atomic mass is 15.0. The number of allylic oxidation sites excluding steroid dienone is 4. The van der Waals surface area contributed by atoms with E-state index in [0.29, 0.717) is 12.1 Å². The van der Waals surface area contributed by atoms with Crippen LogP contribution in [-0.2, 0) is 5.41 Å². The molecule has 3 aliphatic carbocycles. The van der Waals surface area contributed by atoms with E-state index in [0.717, 1.165) is 28.9 Å². The van der Waals surface area contributed by atoms with E-state index in [1.807, 2.05) is 36.4 Å². The second-order valence-corrected chi connectivity index (χ2v) is 16.8. The van der Waals surface area contributed by atoms with E-state index in [4.69, 9.17) is 5.73 Å². The molecule has 4 unspecified atom stereocenters. The van der Waals surface area contributed by atoms with Gasteiger partial charge in [0.05, 0.1) is 28.6 Å². The molecule has 6 aromatic rings. The first-order chi connectivity index (χ1) is 29.3. The van der Waals surface area contributed by atoms with Crippen molar-refractivity contribution in [2.24, 2.45) is 11.1 Å². The van der Waals surface area contributed by atoms with Gasteiger partial charge < -0.3 is 16.4 Å². The van der Waals surface area contributed by atoms with Crippen molar-refractivity contribution in [3.8, 4) is 17.2 Å². The maximum absolute atomic E-state index is 9.47. The number of benzene rings is 6. The fourth-order valence-electron chi connectivity index (χ4n) is 10.1. The Morgan fingerprint density at radius 2 is 1.50 bits per heavy atom. The Balaban J connectivity index is 1.03. The molecule has 3 aliphatic rings. The van der Waals surface area contributed by atoms with E-state index in [2.05, 4.69) is 194 Å². The third-order valence-corrected chi connectivity index (χ3v) is 12.9. The number of fused-ring (bicyclic) bond motifs is 3. The molecular formula is C56H50N4. The SMILES string of the molecule is CC1(Nc2ccccc2-c2ccc3c(c2)C2C=CC=CC2(C)C3(c2ccccc2)c2ccccc2)C=C(CN/C(=C\C(N)c2cccc(C#N)c2)c2ccccc2)C=CC1. The van der Waals surface area contributed by atoms with Crippen LogP contribution in [-0.4, -0.2) is 12.1 Å². The molecular weight excluding hydrogens is 729 g/mol. The van der Waals surface area contributed by atoms with Crippen LogP contribution in [0.25, 0.3) is 16.8 Å². The van der Waals surface area contributed by atoms with E-state index < -0.39 is 0 Å². The first-order valence-electron chi connectivity index (χ1n) is 21.0. The monoisotopic (exact) mass is 778 g/mol. The van der Waals surface area contributed by atoms with E-state index in [1.54, 1.807) is 6.07 Å². The van der Waals surface area contributed by atoms with Gasteiger partial charge in [-0.15, -0.1) is 0 Å². The van der Waals surface area contributed by atoms with Crippen LogP contribution < -0.4 is 16.4 Å². The molecule has 6 aromatic carbocycles. The van der Waals surface area contributed by atoms with Crippen molar-refractivity contribution >= 4 is 11.4 Å². The lowest BCUT2D eigenvalue weighted by molar-refractivity contribution is 0.288. The molecule has 60 heavy (non-hydrogen) atoms. The second-order valence-electron chi connectivity index (χ2n) is 16.8. The Bertz CT molecular complexity index is 2680. The molecule has 4 heteroatoms. The summed E-state index contributed by atoms with van der Waals surface area (Å²) in [5.74, 6) is 0.198. The smallest absolute Gasteiger partial charge is 0.0991 e. The molecule has 0 saturated carbocycles. The van der Waals surface area contributed by atoms with Crippen molar-refractivity contribution in [2.75, 3.05) is 11.9 Å². The largest absolute Gasteiger partial charge is 0.381 e. The van der Waals surface area contributed by atoms with E-state index in [9.17, 15) is 5.26 Å². The summed E-state index contributed by atoms with van der Waals surface area (Å²) in [4.78, 5) is 0. The summed E-state index contributed by atoms with van der Waals surface area (Å²) in [7, 11) is 0. The molecule has 4 atom stereocenters. The quantitative estimate of drug-likeness (QED) is 0.122. The van der Waals surface area contributed by atoms with Crippen molar-refractivity contribution in [3.05, 3.63) is 251 Å². The third kappa shape index (κ3) is 6.92. The molecule has 4 N–H and O–H groups in total. The van der Waals surface area contributed by atoms with Gasteiger partial charge in [0.25, 0.3) is 0 Å². The van der Waals surface area contributed by atoms with E-state index in [1.165, 1.54) is 39.0 Å². The standard InChI is InChI=1S/C56H50N4/c1-54(32-17-19-41(37-54)39-59-53(42-20-6-3-7-21-42)36-51(58)44-22-16-18-40(34-44)38-57)60-52-29-13-12-27-47(52)43-30-31-50-48(35-43)49-28-14-15-33-55(49,2)56(50,45-23-8-4-9-24-45)46-25-10-5-11-26-46/h3-31,33-37,49,51,59-60H,32,39,58H2,1-2H3/b53-36-. The highest BCUT2D eigenvalue weighted by Crippen LogP contribution is 2.66.